The van der Waals surface area contributed by atoms with Gasteiger partial charge in [-0.15, -0.1) is 0 Å². The average Bonchev–Trinajstić information content (AvgIpc) is 3.02. The van der Waals surface area contributed by atoms with Gasteiger partial charge in [0, 0.05) is 12.3 Å². The Balaban J connectivity index is 2.36. The molecule has 0 radical (unpaired) electrons. The van der Waals surface area contributed by atoms with Crippen LogP contribution in [0.4, 0.5) is 18.3 Å². The highest BCUT2D eigenvalue weighted by Gasteiger charge is 2.34. The fraction of sp³-hybridized carbons (Fsp3) is 0.412. The molecule has 28 heavy (non-hydrogen) atoms. The van der Waals surface area contributed by atoms with Crippen LogP contribution in [0.2, 0.25) is 0 Å². The fourth-order valence-electron chi connectivity index (χ4n) is 2.20. The second-order valence-corrected chi connectivity index (χ2v) is 7.41. The Morgan fingerprint density at radius 1 is 1.39 bits per heavy atom. The van der Waals surface area contributed by atoms with Crippen molar-refractivity contribution in [3.63, 3.8) is 0 Å². The Bertz CT molecular complexity index is 907. The number of hydrogen-bond donors (Lipinski definition) is 1. The van der Waals surface area contributed by atoms with Crippen LogP contribution < -0.4 is 5.32 Å². The molecule has 2 heterocycles. The number of aryl methyl sites for hydroxylation is 1. The number of carbonyl (C=O) groups is 1. The minimum Gasteiger partial charge on any atom is -0.462 e. The number of esters is 1. The van der Waals surface area contributed by atoms with Gasteiger partial charge in [-0.25, -0.2) is 14.8 Å². The van der Waals surface area contributed by atoms with E-state index in [4.69, 9.17) is 4.74 Å². The summed E-state index contributed by atoms with van der Waals surface area (Å²) in [4.78, 5) is 20.3. The molecular weight excluding hydrogens is 413 g/mol. The molecule has 0 aliphatic rings. The van der Waals surface area contributed by atoms with Crippen LogP contribution in [-0.2, 0) is 16.7 Å². The van der Waals surface area contributed by atoms with E-state index in [1.807, 2.05) is 13.0 Å². The maximum absolute atomic E-state index is 13.1. The topological polar surface area (TPSA) is 87.9 Å². The standard InChI is InChI=1S/C17H17F3N4O2S2/c1-4-22-16-23-11(13(28-16)15(25)26-5-2)8-27-14-10(7-21)9(3)6-12(24-14)17(18,19)20/h6H,4-5,8H2,1-3H3,(H,22,23). The summed E-state index contributed by atoms with van der Waals surface area (Å²) in [5.41, 5.74) is -0.448. The van der Waals surface area contributed by atoms with Crippen LogP contribution in [0, 0.1) is 18.3 Å². The number of pyridine rings is 1. The summed E-state index contributed by atoms with van der Waals surface area (Å²) in [6, 6.07) is 2.74. The molecule has 0 fully saturated rings. The Labute approximate surface area is 168 Å². The van der Waals surface area contributed by atoms with Gasteiger partial charge in [-0.1, -0.05) is 23.1 Å². The van der Waals surface area contributed by atoms with Gasteiger partial charge < -0.3 is 10.1 Å². The Hall–Kier alpha value is -2.32. The second-order valence-electron chi connectivity index (χ2n) is 5.45. The van der Waals surface area contributed by atoms with Gasteiger partial charge in [0.1, 0.15) is 21.7 Å². The van der Waals surface area contributed by atoms with Gasteiger partial charge in [-0.2, -0.15) is 18.4 Å². The lowest BCUT2D eigenvalue weighted by atomic mass is 10.1. The van der Waals surface area contributed by atoms with E-state index in [2.05, 4.69) is 15.3 Å². The number of carbonyl (C=O) groups excluding carboxylic acids is 1. The number of thioether (sulfide) groups is 1. The van der Waals surface area contributed by atoms with E-state index in [9.17, 15) is 23.2 Å². The van der Waals surface area contributed by atoms with Gasteiger partial charge in [0.15, 0.2) is 5.13 Å². The Morgan fingerprint density at radius 2 is 2.11 bits per heavy atom. The first kappa shape index (κ1) is 22.0. The quantitative estimate of drug-likeness (QED) is 0.506. The molecule has 1 N–H and O–H groups in total. The maximum atomic E-state index is 13.1. The molecule has 2 aromatic rings. The highest BCUT2D eigenvalue weighted by atomic mass is 32.2. The lowest BCUT2D eigenvalue weighted by Gasteiger charge is -2.11. The zero-order valence-electron chi connectivity index (χ0n) is 15.3. The number of halogens is 3. The van der Waals surface area contributed by atoms with Gasteiger partial charge in [0.05, 0.1) is 17.9 Å². The largest absolute Gasteiger partial charge is 0.462 e. The predicted octanol–water partition coefficient (Wildman–Crippen LogP) is 4.64. The number of rotatable bonds is 7. The van der Waals surface area contributed by atoms with Crippen molar-refractivity contribution in [2.24, 2.45) is 0 Å². The fourth-order valence-corrected chi connectivity index (χ4v) is 4.23. The van der Waals surface area contributed by atoms with E-state index in [0.29, 0.717) is 17.4 Å². The van der Waals surface area contributed by atoms with Crippen molar-refractivity contribution in [1.82, 2.24) is 9.97 Å². The van der Waals surface area contributed by atoms with E-state index < -0.39 is 17.8 Å². The summed E-state index contributed by atoms with van der Waals surface area (Å²) in [6.45, 7) is 5.75. The van der Waals surface area contributed by atoms with Gasteiger partial charge in [0.25, 0.3) is 0 Å². The number of hydrogen-bond acceptors (Lipinski definition) is 8. The first-order valence-electron chi connectivity index (χ1n) is 8.23. The molecule has 0 amide bonds. The van der Waals surface area contributed by atoms with Crippen LogP contribution in [0.3, 0.4) is 0 Å². The van der Waals surface area contributed by atoms with Crippen molar-refractivity contribution in [2.75, 3.05) is 18.5 Å². The summed E-state index contributed by atoms with van der Waals surface area (Å²) >= 11 is 2.04. The summed E-state index contributed by atoms with van der Waals surface area (Å²) in [6.07, 6.45) is -4.62. The molecule has 0 bridgehead atoms. The van der Waals surface area contributed by atoms with Crippen LogP contribution in [0.5, 0.6) is 0 Å². The zero-order chi connectivity index (χ0) is 20.9. The molecule has 0 aliphatic heterocycles. The molecular formula is C17H17F3N4O2S2. The lowest BCUT2D eigenvalue weighted by Crippen LogP contribution is -2.10. The van der Waals surface area contributed by atoms with E-state index in [0.717, 1.165) is 29.2 Å². The average molecular weight is 430 g/mol. The van der Waals surface area contributed by atoms with Gasteiger partial charge in [-0.05, 0) is 32.4 Å². The summed E-state index contributed by atoms with van der Waals surface area (Å²) in [5, 5.41) is 12.7. The number of nitriles is 1. The summed E-state index contributed by atoms with van der Waals surface area (Å²) < 4.78 is 44.2. The first-order chi connectivity index (χ1) is 13.2. The minimum absolute atomic E-state index is 0.0531. The highest BCUT2D eigenvalue weighted by Crippen LogP contribution is 2.35. The van der Waals surface area contributed by atoms with Crippen LogP contribution >= 0.6 is 23.1 Å². The molecule has 0 aromatic carbocycles. The molecule has 2 rings (SSSR count). The Kier molecular flexibility index (Phi) is 7.26. The van der Waals surface area contributed by atoms with E-state index >= 15 is 0 Å². The molecule has 0 unspecified atom stereocenters. The van der Waals surface area contributed by atoms with Crippen molar-refractivity contribution in [1.29, 1.82) is 5.26 Å². The van der Waals surface area contributed by atoms with Crippen LogP contribution in [-0.4, -0.2) is 29.1 Å². The smallest absolute Gasteiger partial charge is 0.433 e. The normalized spacial score (nSPS) is 11.2. The number of nitrogens with one attached hydrogen (secondary N) is 1. The van der Waals surface area contributed by atoms with E-state index in [1.54, 1.807) is 6.92 Å². The molecule has 0 atom stereocenters. The first-order valence-corrected chi connectivity index (χ1v) is 10.0. The maximum Gasteiger partial charge on any atom is 0.433 e. The molecule has 150 valence electrons. The zero-order valence-corrected chi connectivity index (χ0v) is 16.9. The number of alkyl halides is 3. The van der Waals surface area contributed by atoms with Crippen molar-refractivity contribution >= 4 is 34.2 Å². The van der Waals surface area contributed by atoms with E-state index in [-0.39, 0.29) is 33.4 Å². The van der Waals surface area contributed by atoms with Crippen LogP contribution in [0.25, 0.3) is 0 Å². The number of thiazole rings is 1. The number of ether oxygens (including phenoxy) is 1. The molecule has 11 heteroatoms. The SMILES string of the molecule is CCNc1nc(CSc2nc(C(F)(F)F)cc(C)c2C#N)c(C(=O)OCC)s1. The molecule has 6 nitrogen and oxygen atoms in total. The van der Waals surface area contributed by atoms with Crippen molar-refractivity contribution < 1.29 is 22.7 Å². The molecule has 0 saturated carbocycles. The third-order valence-corrected chi connectivity index (χ3v) is 5.44. The van der Waals surface area contributed by atoms with Crippen LogP contribution in [0.15, 0.2) is 11.1 Å². The van der Waals surface area contributed by atoms with Crippen LogP contribution in [0.1, 0.15) is 46.0 Å². The van der Waals surface area contributed by atoms with Crippen molar-refractivity contribution in [3.05, 3.63) is 33.5 Å². The number of aromatic nitrogens is 2. The molecule has 0 spiro atoms. The number of nitrogens with zero attached hydrogens (tertiary/aromatic N) is 3. The van der Waals surface area contributed by atoms with Crippen molar-refractivity contribution in [3.8, 4) is 6.07 Å². The van der Waals surface area contributed by atoms with Gasteiger partial charge in [0.2, 0.25) is 0 Å². The molecule has 2 aromatic heterocycles. The highest BCUT2D eigenvalue weighted by molar-refractivity contribution is 7.98. The van der Waals surface area contributed by atoms with Gasteiger partial charge >= 0.3 is 12.1 Å². The Morgan fingerprint density at radius 3 is 2.68 bits per heavy atom. The predicted molar refractivity (Wildman–Crippen MR) is 100 cm³/mol. The minimum atomic E-state index is -4.62. The summed E-state index contributed by atoms with van der Waals surface area (Å²) in [5.74, 6) is -0.480. The number of anilines is 1. The van der Waals surface area contributed by atoms with Crippen molar-refractivity contribution in [2.45, 2.75) is 37.7 Å². The third kappa shape index (κ3) is 5.14. The molecule has 0 aliphatic carbocycles. The lowest BCUT2D eigenvalue weighted by molar-refractivity contribution is -0.141. The molecule has 0 saturated heterocycles. The monoisotopic (exact) mass is 430 g/mol. The summed E-state index contributed by atoms with van der Waals surface area (Å²) in [7, 11) is 0. The van der Waals surface area contributed by atoms with Gasteiger partial charge in [-0.3, -0.25) is 0 Å². The van der Waals surface area contributed by atoms with E-state index in [1.165, 1.54) is 6.92 Å². The second kappa shape index (κ2) is 9.25. The third-order valence-electron chi connectivity index (χ3n) is 3.42.